The summed E-state index contributed by atoms with van der Waals surface area (Å²) in [6, 6.07) is 0.542. The van der Waals surface area contributed by atoms with E-state index < -0.39 is 0 Å². The van der Waals surface area contributed by atoms with Crippen LogP contribution in [0.1, 0.15) is 177 Å². The first-order valence-corrected chi connectivity index (χ1v) is 21.8. The van der Waals surface area contributed by atoms with E-state index in [1.165, 1.54) is 48.0 Å². The zero-order valence-electron chi connectivity index (χ0n) is 40.0. The Morgan fingerprint density at radius 1 is 0.811 bits per heavy atom. The SMILES string of the molecule is C=C(C)C(C)C.C=C(C)NC(CC)C(C)(C)C.C=CC(=C)C(CC1CC1)C(=C)C(=C)C1C(C(=C)C(C)C(C)(C)C)CC2CC(C)(C)C21.CC.CC.CC. The van der Waals surface area contributed by atoms with Crippen LogP contribution in [0, 0.1) is 63.6 Å². The quantitative estimate of drug-likeness (QED) is 0.147. The molecule has 7 unspecified atom stereocenters. The van der Waals surface area contributed by atoms with Gasteiger partial charge in [-0.1, -0.05) is 201 Å². The first-order chi connectivity index (χ1) is 24.3. The van der Waals surface area contributed by atoms with E-state index in [4.69, 9.17) is 6.58 Å². The molecule has 3 aliphatic rings. The molecule has 0 aliphatic heterocycles. The van der Waals surface area contributed by atoms with Crippen molar-refractivity contribution < 1.29 is 0 Å². The van der Waals surface area contributed by atoms with Crippen molar-refractivity contribution in [1.82, 2.24) is 5.32 Å². The van der Waals surface area contributed by atoms with Gasteiger partial charge in [0.05, 0.1) is 0 Å². The van der Waals surface area contributed by atoms with Gasteiger partial charge in [-0.3, -0.25) is 0 Å². The molecule has 3 saturated carbocycles. The summed E-state index contributed by atoms with van der Waals surface area (Å²) in [6.07, 6.45) is 9.57. The van der Waals surface area contributed by atoms with Crippen LogP contribution in [0.4, 0.5) is 0 Å². The van der Waals surface area contributed by atoms with Crippen molar-refractivity contribution in [3.63, 3.8) is 0 Å². The Kier molecular flexibility index (Phi) is 26.3. The van der Waals surface area contributed by atoms with Crippen LogP contribution in [0.25, 0.3) is 0 Å². The first kappa shape index (κ1) is 55.3. The molecule has 1 nitrogen and oxygen atoms in total. The van der Waals surface area contributed by atoms with E-state index in [9.17, 15) is 0 Å². The van der Waals surface area contributed by atoms with Crippen LogP contribution in [0.2, 0.25) is 0 Å². The Hall–Kier alpha value is -2.02. The number of allylic oxidation sites excluding steroid dienone is 7. The lowest BCUT2D eigenvalue weighted by molar-refractivity contribution is -0.00601. The Morgan fingerprint density at radius 2 is 1.26 bits per heavy atom. The van der Waals surface area contributed by atoms with Crippen molar-refractivity contribution >= 4 is 0 Å². The summed E-state index contributed by atoms with van der Waals surface area (Å²) < 4.78 is 0. The van der Waals surface area contributed by atoms with E-state index in [1.54, 1.807) is 0 Å². The molecule has 1 N–H and O–H groups in total. The second-order valence-corrected chi connectivity index (χ2v) is 18.8. The normalized spacial score (nSPS) is 22.4. The van der Waals surface area contributed by atoms with Crippen molar-refractivity contribution in [2.75, 3.05) is 0 Å². The summed E-state index contributed by atoms with van der Waals surface area (Å²) in [7, 11) is 0. The lowest BCUT2D eigenvalue weighted by atomic mass is 9.53. The second-order valence-electron chi connectivity index (χ2n) is 18.8. The summed E-state index contributed by atoms with van der Waals surface area (Å²) >= 11 is 0. The Bertz CT molecular complexity index is 1140. The third-order valence-corrected chi connectivity index (χ3v) is 12.0. The lowest BCUT2D eigenvalue weighted by Crippen LogP contribution is -2.44. The smallest absolute Gasteiger partial charge is 0.0303 e. The van der Waals surface area contributed by atoms with Crippen molar-refractivity contribution in [1.29, 1.82) is 0 Å². The van der Waals surface area contributed by atoms with E-state index >= 15 is 0 Å². The van der Waals surface area contributed by atoms with Crippen LogP contribution in [0.3, 0.4) is 0 Å². The predicted octanol–water partition coefficient (Wildman–Crippen LogP) is 17.0. The summed E-state index contributed by atoms with van der Waals surface area (Å²) in [5, 5.41) is 3.38. The first-order valence-electron chi connectivity index (χ1n) is 21.8. The van der Waals surface area contributed by atoms with Crippen molar-refractivity contribution in [2.45, 2.75) is 183 Å². The Labute approximate surface area is 336 Å². The molecule has 0 bridgehead atoms. The molecule has 310 valence electrons. The average molecular weight is 736 g/mol. The summed E-state index contributed by atoms with van der Waals surface area (Å²) in [4.78, 5) is 0. The van der Waals surface area contributed by atoms with Gasteiger partial charge in [0.2, 0.25) is 0 Å². The molecule has 0 saturated heterocycles. The van der Waals surface area contributed by atoms with Crippen LogP contribution in [0.15, 0.2) is 85.7 Å². The van der Waals surface area contributed by atoms with Gasteiger partial charge in [-0.2, -0.15) is 0 Å². The molecule has 0 aromatic carbocycles. The van der Waals surface area contributed by atoms with Gasteiger partial charge in [-0.05, 0) is 114 Å². The number of nitrogens with one attached hydrogen (secondary N) is 1. The molecule has 0 aromatic heterocycles. The fourth-order valence-electron chi connectivity index (χ4n) is 7.88. The van der Waals surface area contributed by atoms with Gasteiger partial charge in [0.15, 0.2) is 0 Å². The zero-order valence-corrected chi connectivity index (χ0v) is 40.0. The van der Waals surface area contributed by atoms with E-state index in [0.29, 0.717) is 52.4 Å². The van der Waals surface area contributed by atoms with Crippen LogP contribution in [0.5, 0.6) is 0 Å². The van der Waals surface area contributed by atoms with Crippen molar-refractivity contribution in [3.8, 4) is 0 Å². The van der Waals surface area contributed by atoms with Crippen molar-refractivity contribution in [2.24, 2.45) is 63.6 Å². The monoisotopic (exact) mass is 736 g/mol. The zero-order chi connectivity index (χ0) is 42.8. The van der Waals surface area contributed by atoms with Gasteiger partial charge in [-0.15, -0.1) is 0 Å². The predicted molar refractivity (Wildman–Crippen MR) is 248 cm³/mol. The maximum absolute atomic E-state index is 4.72. The van der Waals surface area contributed by atoms with Gasteiger partial charge in [0, 0.05) is 17.7 Å². The molecule has 0 spiro atoms. The standard InChI is InChI=1S/C30H46.C10H21N.C6H12.3C2H6/c1-12-18(2)25(15-23-13-14-23)19(3)20(4)27-26(21(5)22(6)29(7,8)9)16-24-17-30(10,11)28(24)27;1-7-9(10(4,5)6)11-8(2)3;1-5(2)6(3)4;3*1-2/h12,22-28H,1-5,13-17H2,6-11H3;9,11H,2,7H2,1,3-6H3;6H,1H2,2-4H3;3*1-2H3. The number of hydrogen-bond donors (Lipinski definition) is 1. The second kappa shape index (κ2) is 25.2. The van der Waals surface area contributed by atoms with E-state index in [0.717, 1.165) is 35.9 Å². The lowest BCUT2D eigenvalue weighted by Gasteiger charge is -2.51. The van der Waals surface area contributed by atoms with Gasteiger partial charge < -0.3 is 5.32 Å². The van der Waals surface area contributed by atoms with E-state index in [1.807, 2.05) is 61.5 Å². The minimum absolute atomic E-state index is 0.239. The van der Waals surface area contributed by atoms with Crippen LogP contribution < -0.4 is 5.32 Å². The third-order valence-electron chi connectivity index (χ3n) is 12.0. The molecule has 0 radical (unpaired) electrons. The number of hydrogen-bond acceptors (Lipinski definition) is 1. The highest BCUT2D eigenvalue weighted by atomic mass is 14.9. The molecular formula is C52H97N. The van der Waals surface area contributed by atoms with E-state index in [-0.39, 0.29) is 5.41 Å². The summed E-state index contributed by atoms with van der Waals surface area (Å²) in [5.41, 5.74) is 8.34. The summed E-state index contributed by atoms with van der Waals surface area (Å²) in [5.74, 6) is 4.81. The maximum atomic E-state index is 4.72. The Morgan fingerprint density at radius 3 is 1.55 bits per heavy atom. The van der Waals surface area contributed by atoms with Gasteiger partial charge in [-0.25, -0.2) is 0 Å². The minimum atomic E-state index is 0.239. The van der Waals surface area contributed by atoms with Gasteiger partial charge in [0.1, 0.15) is 0 Å². The molecule has 0 amide bonds. The molecular weight excluding hydrogens is 639 g/mol. The molecule has 3 fully saturated rings. The molecule has 7 atom stereocenters. The highest BCUT2D eigenvalue weighted by Crippen LogP contribution is 2.67. The minimum Gasteiger partial charge on any atom is -0.386 e. The average Bonchev–Trinajstić information content (AvgIpc) is 3.85. The molecule has 0 aromatic rings. The van der Waals surface area contributed by atoms with E-state index in [2.05, 4.69) is 128 Å². The maximum Gasteiger partial charge on any atom is 0.0303 e. The fraction of sp³-hybridized carbons (Fsp3) is 0.731. The topological polar surface area (TPSA) is 12.0 Å². The highest BCUT2D eigenvalue weighted by Gasteiger charge is 2.59. The summed E-state index contributed by atoms with van der Waals surface area (Å²) in [6.45, 7) is 73.6. The van der Waals surface area contributed by atoms with Crippen molar-refractivity contribution in [3.05, 3.63) is 85.7 Å². The largest absolute Gasteiger partial charge is 0.386 e. The fourth-order valence-corrected chi connectivity index (χ4v) is 7.88. The molecule has 3 aliphatic carbocycles. The van der Waals surface area contributed by atoms with Crippen LogP contribution in [-0.4, -0.2) is 6.04 Å². The number of rotatable bonds is 13. The van der Waals surface area contributed by atoms with Crippen LogP contribution >= 0.6 is 0 Å². The molecule has 53 heavy (non-hydrogen) atoms. The molecule has 3 rings (SSSR count). The third kappa shape index (κ3) is 18.0. The highest BCUT2D eigenvalue weighted by molar-refractivity contribution is 5.41. The number of fused-ring (bicyclic) bond motifs is 1. The molecule has 1 heteroatoms. The van der Waals surface area contributed by atoms with Gasteiger partial charge >= 0.3 is 0 Å². The van der Waals surface area contributed by atoms with Gasteiger partial charge in [0.25, 0.3) is 0 Å². The van der Waals surface area contributed by atoms with Crippen LogP contribution in [-0.2, 0) is 0 Å². The Balaban J connectivity index is -0.000000897. The molecule has 0 heterocycles.